The van der Waals surface area contributed by atoms with Crippen LogP contribution < -0.4 is 5.84 Å². The largest absolute Gasteiger partial charge is 0.384 e. The van der Waals surface area contributed by atoms with E-state index >= 15 is 0 Å². The van der Waals surface area contributed by atoms with E-state index in [1.807, 2.05) is 0 Å². The highest BCUT2D eigenvalue weighted by Crippen LogP contribution is 2.64. The predicted molar refractivity (Wildman–Crippen MR) is 114 cm³/mol. The summed E-state index contributed by atoms with van der Waals surface area (Å²) in [6.07, 6.45) is 4.53. The highest BCUT2D eigenvalue weighted by atomic mass is 19.3. The smallest absolute Gasteiger partial charge is 0.266 e. The van der Waals surface area contributed by atoms with Crippen molar-refractivity contribution in [1.82, 2.24) is 0 Å². The van der Waals surface area contributed by atoms with Gasteiger partial charge in [-0.25, -0.2) is 8.78 Å². The van der Waals surface area contributed by atoms with Gasteiger partial charge in [0.1, 0.15) is 12.1 Å². The van der Waals surface area contributed by atoms with Crippen molar-refractivity contribution >= 4 is 11.6 Å². The molecule has 31 heavy (non-hydrogen) atoms. The van der Waals surface area contributed by atoms with E-state index in [4.69, 9.17) is 5.84 Å². The molecule has 4 aliphatic carbocycles. The second-order valence-electron chi connectivity index (χ2n) is 10.8. The molecule has 8 atom stereocenters. The lowest BCUT2D eigenvalue weighted by atomic mass is 9.49. The fraction of sp³-hybridized carbons (Fsp3) is 0.913. The topological polar surface area (TPSA) is 100 Å². The molecule has 0 bridgehead atoms. The Kier molecular flexibility index (Phi) is 6.23. The van der Waals surface area contributed by atoms with Crippen molar-refractivity contribution in [3.63, 3.8) is 0 Å². The number of alkyl halides is 2. The summed E-state index contributed by atoms with van der Waals surface area (Å²) in [5.41, 5.74) is -1.79. The van der Waals surface area contributed by atoms with Gasteiger partial charge in [0.05, 0.1) is 0 Å². The molecular formula is C23H36F2N4O2. The number of carbonyl (C=O) groups excluding carboxylic acids is 1. The number of fused-ring (bicyclic) bond motifs is 5. The third kappa shape index (κ3) is 3.93. The van der Waals surface area contributed by atoms with Gasteiger partial charge >= 0.3 is 0 Å². The average molecular weight is 439 g/mol. The van der Waals surface area contributed by atoms with Gasteiger partial charge in [-0.3, -0.25) is 4.79 Å². The first kappa shape index (κ1) is 22.7. The molecule has 4 saturated carbocycles. The first-order valence-corrected chi connectivity index (χ1v) is 11.8. The molecule has 0 aromatic rings. The molecule has 4 aliphatic rings. The Morgan fingerprint density at radius 2 is 1.84 bits per heavy atom. The second kappa shape index (κ2) is 8.49. The van der Waals surface area contributed by atoms with Gasteiger partial charge in [-0.2, -0.15) is 10.2 Å². The van der Waals surface area contributed by atoms with Crippen LogP contribution in [0.1, 0.15) is 71.6 Å². The van der Waals surface area contributed by atoms with E-state index in [0.29, 0.717) is 35.9 Å². The molecule has 4 rings (SSSR count). The molecule has 0 unspecified atom stereocenters. The SMILES string of the molecule is CC(N=NCC(=O)[C@H]1CC[C@H]2[C@@H]3CC[C@@H]4C[C@@](O)(C(F)F)CC[C@@H]4[C@H]3CC[C@]12C)=NN. The number of amidine groups is 1. The number of hydrazone groups is 1. The fourth-order valence-electron chi connectivity index (χ4n) is 7.98. The maximum atomic E-state index is 13.4. The number of hydrogen-bond acceptors (Lipinski definition) is 5. The molecule has 0 aliphatic heterocycles. The zero-order valence-corrected chi connectivity index (χ0v) is 18.6. The van der Waals surface area contributed by atoms with E-state index in [9.17, 15) is 18.7 Å². The fourth-order valence-corrected chi connectivity index (χ4v) is 7.98. The van der Waals surface area contributed by atoms with Crippen molar-refractivity contribution in [3.05, 3.63) is 0 Å². The number of nitrogens with two attached hydrogens (primary N) is 1. The Labute approximate surface area is 183 Å². The minimum Gasteiger partial charge on any atom is -0.384 e. The number of azo groups is 1. The summed E-state index contributed by atoms with van der Waals surface area (Å²) in [4.78, 5) is 13.0. The number of Topliss-reactive ketones (excluding diaryl/α,β-unsaturated/α-hetero) is 1. The molecule has 0 amide bonds. The van der Waals surface area contributed by atoms with Crippen molar-refractivity contribution in [2.45, 2.75) is 83.7 Å². The van der Waals surface area contributed by atoms with Crippen LogP contribution in [-0.4, -0.2) is 35.3 Å². The van der Waals surface area contributed by atoms with Crippen LogP contribution in [0.5, 0.6) is 0 Å². The zero-order chi connectivity index (χ0) is 22.4. The van der Waals surface area contributed by atoms with Gasteiger partial charge in [0.25, 0.3) is 6.43 Å². The first-order valence-electron chi connectivity index (χ1n) is 11.8. The lowest BCUT2D eigenvalue weighted by molar-refractivity contribution is -0.160. The van der Waals surface area contributed by atoms with Crippen molar-refractivity contribution < 1.29 is 18.7 Å². The monoisotopic (exact) mass is 438 g/mol. The van der Waals surface area contributed by atoms with Crippen molar-refractivity contribution in [2.75, 3.05) is 6.54 Å². The summed E-state index contributed by atoms with van der Waals surface area (Å²) in [6, 6.07) is 0. The lowest BCUT2D eigenvalue weighted by Crippen LogP contribution is -2.53. The first-order chi connectivity index (χ1) is 14.7. The maximum absolute atomic E-state index is 13.4. The number of ketones is 1. The highest BCUT2D eigenvalue weighted by molar-refractivity contribution is 5.85. The van der Waals surface area contributed by atoms with E-state index in [0.717, 1.165) is 38.5 Å². The predicted octanol–water partition coefficient (Wildman–Crippen LogP) is 4.56. The van der Waals surface area contributed by atoms with E-state index in [2.05, 4.69) is 22.3 Å². The van der Waals surface area contributed by atoms with Crippen molar-refractivity contribution in [1.29, 1.82) is 0 Å². The van der Waals surface area contributed by atoms with Gasteiger partial charge in [-0.1, -0.05) is 6.92 Å². The Morgan fingerprint density at radius 1 is 1.10 bits per heavy atom. The van der Waals surface area contributed by atoms with Crippen molar-refractivity contribution in [2.24, 2.45) is 62.1 Å². The number of hydrogen-bond donors (Lipinski definition) is 2. The van der Waals surface area contributed by atoms with Gasteiger partial charge in [0.2, 0.25) is 0 Å². The Morgan fingerprint density at radius 3 is 2.55 bits per heavy atom. The van der Waals surface area contributed by atoms with Crippen LogP contribution in [0, 0.1) is 40.9 Å². The van der Waals surface area contributed by atoms with E-state index in [1.54, 1.807) is 6.92 Å². The third-order valence-electron chi connectivity index (χ3n) is 9.47. The highest BCUT2D eigenvalue weighted by Gasteiger charge is 2.59. The molecule has 0 aromatic heterocycles. The van der Waals surface area contributed by atoms with E-state index in [-0.39, 0.29) is 42.4 Å². The number of aliphatic hydroxyl groups is 1. The maximum Gasteiger partial charge on any atom is 0.266 e. The van der Waals surface area contributed by atoms with Crippen LogP contribution in [0.25, 0.3) is 0 Å². The molecule has 174 valence electrons. The number of halogens is 2. The van der Waals surface area contributed by atoms with Gasteiger partial charge in [0.15, 0.2) is 11.6 Å². The summed E-state index contributed by atoms with van der Waals surface area (Å²) in [5, 5.41) is 21.7. The average Bonchev–Trinajstić information content (AvgIpc) is 3.10. The molecule has 0 radical (unpaired) electrons. The van der Waals surface area contributed by atoms with Crippen LogP contribution in [0.3, 0.4) is 0 Å². The summed E-state index contributed by atoms with van der Waals surface area (Å²) in [5.74, 6) is 7.98. The van der Waals surface area contributed by atoms with Crippen molar-refractivity contribution in [3.8, 4) is 0 Å². The number of carbonyl (C=O) groups is 1. The Balaban J connectivity index is 1.44. The van der Waals surface area contributed by atoms with Crippen LogP contribution in [0.15, 0.2) is 15.3 Å². The van der Waals surface area contributed by atoms with Gasteiger partial charge < -0.3 is 10.9 Å². The quantitative estimate of drug-likeness (QED) is 0.221. The zero-order valence-electron chi connectivity index (χ0n) is 18.6. The molecule has 4 fully saturated rings. The van der Waals surface area contributed by atoms with Gasteiger partial charge in [-0.15, -0.1) is 5.11 Å². The number of nitrogens with zero attached hydrogens (tertiary/aromatic N) is 3. The standard InChI is InChI=1S/C23H36F2N4O2/c1-13(28-26)29-27-12-20(30)19-6-5-18-17-4-3-14-11-23(31,21(24)25)10-8-15(14)16(17)7-9-22(18,19)2/h14-19,21,31H,3-12,26H2,1-2H3/t14-,15+,16-,17-,18+,19-,22+,23-/m1/s1. The summed E-state index contributed by atoms with van der Waals surface area (Å²) < 4.78 is 26.8. The minimum absolute atomic E-state index is 0.00398. The minimum atomic E-state index is -2.65. The number of rotatable bonds is 4. The van der Waals surface area contributed by atoms with Crippen LogP contribution in [0.2, 0.25) is 0 Å². The van der Waals surface area contributed by atoms with E-state index < -0.39 is 12.0 Å². The summed E-state index contributed by atoms with van der Waals surface area (Å²) in [6.45, 7) is 4.01. The second-order valence-corrected chi connectivity index (χ2v) is 10.8. The Hall–Kier alpha value is -1.44. The molecule has 6 nitrogen and oxygen atoms in total. The van der Waals surface area contributed by atoms with Crippen LogP contribution in [-0.2, 0) is 4.79 Å². The van der Waals surface area contributed by atoms with Gasteiger partial charge in [0, 0.05) is 5.92 Å². The summed E-state index contributed by atoms with van der Waals surface area (Å²) in [7, 11) is 0. The third-order valence-corrected chi connectivity index (χ3v) is 9.47. The van der Waals surface area contributed by atoms with Gasteiger partial charge in [-0.05, 0) is 99.7 Å². The van der Waals surface area contributed by atoms with E-state index in [1.165, 1.54) is 0 Å². The molecule has 8 heteroatoms. The molecule has 3 N–H and O–H groups in total. The van der Waals surface area contributed by atoms with Crippen LogP contribution >= 0.6 is 0 Å². The molecule has 0 heterocycles. The Bertz CT molecular complexity index is 760. The molecule has 0 spiro atoms. The molecule has 0 saturated heterocycles. The molecular weight excluding hydrogens is 402 g/mol. The summed E-state index contributed by atoms with van der Waals surface area (Å²) >= 11 is 0. The normalized spacial score (nSPS) is 45.4. The molecule has 0 aromatic carbocycles. The lowest BCUT2D eigenvalue weighted by Gasteiger charge is -2.57. The van der Waals surface area contributed by atoms with Crippen LogP contribution in [0.4, 0.5) is 8.78 Å².